The third-order valence-electron chi connectivity index (χ3n) is 14.1. The number of hydrogen-bond donors (Lipinski definition) is 2. The van der Waals surface area contributed by atoms with Crippen molar-refractivity contribution in [1.82, 2.24) is 40.1 Å². The molecule has 3 aromatic heterocycles. The van der Waals surface area contributed by atoms with Crippen LogP contribution in [0.2, 0.25) is 0 Å². The highest BCUT2D eigenvalue weighted by Crippen LogP contribution is 2.42. The number of aromatic nitrogens is 3. The molecule has 16 heteroatoms. The number of carbonyl (C=O) groups is 5. The van der Waals surface area contributed by atoms with E-state index in [9.17, 15) is 24.0 Å². The van der Waals surface area contributed by atoms with Gasteiger partial charge in [-0.2, -0.15) is 0 Å². The predicted molar refractivity (Wildman–Crippen MR) is 256 cm³/mol. The van der Waals surface area contributed by atoms with Crippen LogP contribution in [0.15, 0.2) is 41.9 Å². The number of likely N-dealkylation sites (N-methyl/N-ethyl adjacent to an activating group) is 1. The summed E-state index contributed by atoms with van der Waals surface area (Å²) in [5, 5.41) is 8.25. The van der Waals surface area contributed by atoms with Crippen LogP contribution in [0.5, 0.6) is 0 Å². The molecule has 1 aromatic carbocycles. The van der Waals surface area contributed by atoms with Crippen LogP contribution in [0.1, 0.15) is 102 Å². The van der Waals surface area contributed by atoms with Gasteiger partial charge in [-0.15, -0.1) is 11.3 Å². The molecule has 2 N–H and O–H groups in total. The lowest BCUT2D eigenvalue weighted by molar-refractivity contribution is -0.155. The molecule has 1 saturated carbocycles. The van der Waals surface area contributed by atoms with Crippen molar-refractivity contribution in [3.8, 4) is 34.4 Å². The molecule has 6 heterocycles. The van der Waals surface area contributed by atoms with Gasteiger partial charge in [0.05, 0.1) is 40.7 Å². The summed E-state index contributed by atoms with van der Waals surface area (Å²) in [7, 11) is 3.35. The average Bonchev–Trinajstić information content (AvgIpc) is 4.18. The minimum absolute atomic E-state index is 0.0925. The molecule has 1 aliphatic carbocycles. The zero-order valence-electron chi connectivity index (χ0n) is 39.9. The fraction of sp³-hybridized carbons (Fsp3) is 0.549. The Hall–Kier alpha value is -5.63. The van der Waals surface area contributed by atoms with Gasteiger partial charge in [0.1, 0.15) is 18.1 Å². The second-order valence-corrected chi connectivity index (χ2v) is 20.3. The number of nitrogens with zero attached hydrogens (tertiary/aromatic N) is 6. The Balaban J connectivity index is 1.16. The van der Waals surface area contributed by atoms with E-state index in [2.05, 4.69) is 72.2 Å². The first-order valence-corrected chi connectivity index (χ1v) is 24.7. The SMILES string of the molecule is CC#CC(=O)N1CC[C@H](C(=O)N(C)[C@H](C(=O)N[C@H]2Cc3nc(cs3)-c3ccc4c(c3)c(c(-c3cccnc3[C@H](C)OC)n4CC)CC(C)(C)COC(=O)[C@@H]3CCCN(N3)C2=O)C2CCCC2)C1. The maximum atomic E-state index is 14.8. The van der Waals surface area contributed by atoms with Crippen LogP contribution in [0.3, 0.4) is 0 Å². The molecule has 67 heavy (non-hydrogen) atoms. The lowest BCUT2D eigenvalue weighted by Crippen LogP contribution is -2.62. The Labute approximate surface area is 397 Å². The van der Waals surface area contributed by atoms with E-state index in [1.807, 2.05) is 18.4 Å². The van der Waals surface area contributed by atoms with Crippen molar-refractivity contribution < 1.29 is 33.4 Å². The van der Waals surface area contributed by atoms with Gasteiger partial charge < -0.3 is 29.2 Å². The summed E-state index contributed by atoms with van der Waals surface area (Å²) in [6.45, 7) is 11.8. The number of methoxy groups -OCH3 is 1. The molecule has 3 aliphatic heterocycles. The van der Waals surface area contributed by atoms with E-state index in [4.69, 9.17) is 19.4 Å². The number of hydrazine groups is 1. The van der Waals surface area contributed by atoms with Crippen molar-refractivity contribution >= 4 is 51.8 Å². The van der Waals surface area contributed by atoms with Crippen molar-refractivity contribution in [2.24, 2.45) is 17.3 Å². The normalized spacial score (nSPS) is 22.1. The van der Waals surface area contributed by atoms with Gasteiger partial charge >= 0.3 is 5.97 Å². The van der Waals surface area contributed by atoms with Crippen LogP contribution in [-0.2, 0) is 52.8 Å². The molecule has 4 amide bonds. The van der Waals surface area contributed by atoms with E-state index in [0.717, 1.165) is 70.4 Å². The van der Waals surface area contributed by atoms with Gasteiger partial charge in [-0.1, -0.05) is 38.7 Å². The lowest BCUT2D eigenvalue weighted by atomic mass is 9.84. The maximum Gasteiger partial charge on any atom is 0.324 e. The van der Waals surface area contributed by atoms with E-state index in [1.54, 1.807) is 37.1 Å². The number of esters is 1. The molecular formula is C51H64N8O7S. The number of ether oxygens (including phenoxy) is 2. The maximum absolute atomic E-state index is 14.8. The van der Waals surface area contributed by atoms with Crippen LogP contribution >= 0.6 is 11.3 Å². The van der Waals surface area contributed by atoms with Crippen LogP contribution in [0, 0.1) is 29.1 Å². The number of pyridine rings is 1. The first-order valence-electron chi connectivity index (χ1n) is 23.8. The number of aryl methyl sites for hydroxylation is 1. The monoisotopic (exact) mass is 932 g/mol. The summed E-state index contributed by atoms with van der Waals surface area (Å²) < 4.78 is 14.3. The van der Waals surface area contributed by atoms with E-state index >= 15 is 0 Å². The minimum Gasteiger partial charge on any atom is -0.464 e. The molecule has 4 aromatic rings. The highest BCUT2D eigenvalue weighted by atomic mass is 32.1. The number of likely N-dealkylation sites (tertiary alicyclic amines) is 1. The fourth-order valence-electron chi connectivity index (χ4n) is 10.6. The Morgan fingerprint density at radius 2 is 1.90 bits per heavy atom. The van der Waals surface area contributed by atoms with Gasteiger partial charge in [0, 0.05) is 85.8 Å². The number of fused-ring (bicyclic) bond motifs is 6. The van der Waals surface area contributed by atoms with E-state index in [0.29, 0.717) is 50.3 Å². The molecule has 0 unspecified atom stereocenters. The third-order valence-corrected chi connectivity index (χ3v) is 15.0. The summed E-state index contributed by atoms with van der Waals surface area (Å²) in [5.41, 5.74) is 9.33. The summed E-state index contributed by atoms with van der Waals surface area (Å²) in [6, 6.07) is 7.77. The van der Waals surface area contributed by atoms with Crippen LogP contribution in [0.25, 0.3) is 33.4 Å². The smallest absolute Gasteiger partial charge is 0.324 e. The number of rotatable bonds is 9. The molecule has 15 nitrogen and oxygen atoms in total. The van der Waals surface area contributed by atoms with Gasteiger partial charge in [-0.05, 0) is 101 Å². The molecule has 4 aliphatic rings. The summed E-state index contributed by atoms with van der Waals surface area (Å²) >= 11 is 1.42. The summed E-state index contributed by atoms with van der Waals surface area (Å²) in [6.07, 6.45) is 7.11. The van der Waals surface area contributed by atoms with Crippen molar-refractivity contribution in [3.63, 3.8) is 0 Å². The molecule has 0 radical (unpaired) electrons. The Kier molecular flexibility index (Phi) is 14.5. The van der Waals surface area contributed by atoms with Crippen LogP contribution in [0.4, 0.5) is 0 Å². The molecule has 8 rings (SSSR count). The molecule has 0 spiro atoms. The fourth-order valence-corrected chi connectivity index (χ4v) is 11.4. The second kappa shape index (κ2) is 20.3. The van der Waals surface area contributed by atoms with Gasteiger partial charge in [0.25, 0.3) is 11.8 Å². The van der Waals surface area contributed by atoms with E-state index in [1.165, 1.54) is 16.3 Å². The minimum atomic E-state index is -1.07. The van der Waals surface area contributed by atoms with Crippen molar-refractivity contribution in [3.05, 3.63) is 58.2 Å². The highest BCUT2D eigenvalue weighted by Gasteiger charge is 2.43. The predicted octanol–water partition coefficient (Wildman–Crippen LogP) is 6.09. The number of thiazole rings is 1. The van der Waals surface area contributed by atoms with Crippen molar-refractivity contribution in [2.75, 3.05) is 40.4 Å². The average molecular weight is 933 g/mol. The number of nitrogens with one attached hydrogen (secondary N) is 2. The van der Waals surface area contributed by atoms with E-state index in [-0.39, 0.29) is 43.4 Å². The Morgan fingerprint density at radius 3 is 2.64 bits per heavy atom. The molecule has 6 bridgehead atoms. The second-order valence-electron chi connectivity index (χ2n) is 19.3. The number of carbonyl (C=O) groups excluding carboxylic acids is 5. The van der Waals surface area contributed by atoms with Crippen molar-refractivity contribution in [2.45, 2.75) is 123 Å². The van der Waals surface area contributed by atoms with Gasteiger partial charge in [-0.3, -0.25) is 34.0 Å². The zero-order chi connectivity index (χ0) is 47.6. The Bertz CT molecular complexity index is 2590. The Morgan fingerprint density at radius 1 is 1.10 bits per heavy atom. The summed E-state index contributed by atoms with van der Waals surface area (Å²) in [4.78, 5) is 83.3. The van der Waals surface area contributed by atoms with E-state index < -0.39 is 47.2 Å². The highest BCUT2D eigenvalue weighted by molar-refractivity contribution is 7.10. The standard InChI is InChI=1S/C51H64N8O7S/c1-8-14-43(60)57-24-21-34(28-57)48(62)56(6)45(32-15-10-11-16-32)47(61)54-39-26-42-53-40(29-67-42)33-19-20-41-36(25-33)37(46(58(41)9-2)35-17-12-22-52-44(35)31(3)65-7)27-51(4,5)30-66-50(64)38-18-13-23-59(55-38)49(39)63/h12,17,19-20,22,25,29,31-32,34,38-39,45,55H,9-11,13,15-16,18,21,23-24,26-28,30H2,1-7H3,(H,54,61)/t31-,34-,38-,39-,45-/m0/s1. The van der Waals surface area contributed by atoms with Gasteiger partial charge in [-0.25, -0.2) is 10.4 Å². The van der Waals surface area contributed by atoms with Gasteiger partial charge in [0.2, 0.25) is 11.8 Å². The van der Waals surface area contributed by atoms with Crippen LogP contribution in [-0.4, -0.2) is 117 Å². The molecular weight excluding hydrogens is 869 g/mol. The number of amides is 4. The molecule has 356 valence electrons. The first-order chi connectivity index (χ1) is 32.2. The lowest BCUT2D eigenvalue weighted by Gasteiger charge is -2.37. The van der Waals surface area contributed by atoms with Crippen molar-refractivity contribution in [1.29, 1.82) is 0 Å². The number of hydrogen-bond acceptors (Lipinski definition) is 11. The third kappa shape index (κ3) is 10.0. The number of benzene rings is 1. The van der Waals surface area contributed by atoms with Gasteiger partial charge in [0.15, 0.2) is 0 Å². The quantitative estimate of drug-likeness (QED) is 0.148. The van der Waals surface area contributed by atoms with Crippen LogP contribution < -0.4 is 10.7 Å². The summed E-state index contributed by atoms with van der Waals surface area (Å²) in [5.74, 6) is 2.86. The first kappa shape index (κ1) is 47.8. The molecule has 3 fully saturated rings. The zero-order valence-corrected chi connectivity index (χ0v) is 40.7. The number of cyclic esters (lactones) is 1. The molecule has 5 atom stereocenters. The topological polar surface area (TPSA) is 168 Å². The largest absolute Gasteiger partial charge is 0.464 e. The molecule has 2 saturated heterocycles.